The predicted molar refractivity (Wildman–Crippen MR) is 88.7 cm³/mol. The number of hydrogen-bond acceptors (Lipinski definition) is 4. The molecule has 1 aromatic rings. The standard InChI is InChI=1S/C17H29N3O/c1-17(2,3)20-12-10-19(11-13-20)9-4-14-21-16-7-5-15(18)6-8-16/h5-8H,4,9-14,18H2,1-3H3. The Labute approximate surface area is 128 Å². The summed E-state index contributed by atoms with van der Waals surface area (Å²) >= 11 is 0. The summed E-state index contributed by atoms with van der Waals surface area (Å²) in [5, 5.41) is 0. The van der Waals surface area contributed by atoms with Gasteiger partial charge in [0.05, 0.1) is 6.61 Å². The van der Waals surface area contributed by atoms with Crippen LogP contribution in [0.1, 0.15) is 27.2 Å². The molecule has 118 valence electrons. The van der Waals surface area contributed by atoms with Crippen molar-refractivity contribution in [3.05, 3.63) is 24.3 Å². The van der Waals surface area contributed by atoms with Gasteiger partial charge in [-0.15, -0.1) is 0 Å². The van der Waals surface area contributed by atoms with Crippen LogP contribution in [0.4, 0.5) is 5.69 Å². The lowest BCUT2D eigenvalue weighted by molar-refractivity contribution is 0.0601. The van der Waals surface area contributed by atoms with Crippen LogP contribution in [0.15, 0.2) is 24.3 Å². The zero-order valence-corrected chi connectivity index (χ0v) is 13.6. The Morgan fingerprint density at radius 3 is 2.24 bits per heavy atom. The van der Waals surface area contributed by atoms with Crippen LogP contribution >= 0.6 is 0 Å². The third-order valence-electron chi connectivity index (χ3n) is 4.09. The molecule has 4 nitrogen and oxygen atoms in total. The van der Waals surface area contributed by atoms with Crippen LogP contribution in [0.2, 0.25) is 0 Å². The third-order valence-corrected chi connectivity index (χ3v) is 4.09. The van der Waals surface area contributed by atoms with Crippen molar-refractivity contribution in [2.75, 3.05) is 45.1 Å². The lowest BCUT2D eigenvalue weighted by atomic mass is 10.0. The van der Waals surface area contributed by atoms with Crippen molar-refractivity contribution in [1.29, 1.82) is 0 Å². The van der Waals surface area contributed by atoms with Gasteiger partial charge in [-0.3, -0.25) is 4.90 Å². The molecule has 0 radical (unpaired) electrons. The summed E-state index contributed by atoms with van der Waals surface area (Å²) in [5.41, 5.74) is 6.73. The van der Waals surface area contributed by atoms with E-state index in [-0.39, 0.29) is 0 Å². The highest BCUT2D eigenvalue weighted by Gasteiger charge is 2.25. The maximum Gasteiger partial charge on any atom is 0.119 e. The topological polar surface area (TPSA) is 41.7 Å². The van der Waals surface area contributed by atoms with Gasteiger partial charge in [-0.1, -0.05) is 0 Å². The molecule has 21 heavy (non-hydrogen) atoms. The fourth-order valence-corrected chi connectivity index (χ4v) is 2.68. The van der Waals surface area contributed by atoms with E-state index < -0.39 is 0 Å². The quantitative estimate of drug-likeness (QED) is 0.668. The maximum atomic E-state index is 5.73. The lowest BCUT2D eigenvalue weighted by Gasteiger charge is -2.42. The van der Waals surface area contributed by atoms with Gasteiger partial charge in [-0.05, 0) is 51.5 Å². The Morgan fingerprint density at radius 2 is 1.67 bits per heavy atom. The van der Waals surface area contributed by atoms with Gasteiger partial charge in [0.25, 0.3) is 0 Å². The summed E-state index contributed by atoms with van der Waals surface area (Å²) in [6.45, 7) is 13.4. The Hall–Kier alpha value is -1.26. The minimum atomic E-state index is 0.296. The smallest absolute Gasteiger partial charge is 0.119 e. The van der Waals surface area contributed by atoms with Crippen molar-refractivity contribution in [2.24, 2.45) is 0 Å². The number of ether oxygens (including phenoxy) is 1. The summed E-state index contributed by atoms with van der Waals surface area (Å²) in [6.07, 6.45) is 1.07. The Kier molecular flexibility index (Phi) is 5.48. The molecule has 4 heteroatoms. The molecule has 1 saturated heterocycles. The monoisotopic (exact) mass is 291 g/mol. The molecule has 0 amide bonds. The van der Waals surface area contributed by atoms with Gasteiger partial charge in [0, 0.05) is 44.0 Å². The summed E-state index contributed by atoms with van der Waals surface area (Å²) < 4.78 is 5.73. The van der Waals surface area contributed by atoms with E-state index in [4.69, 9.17) is 10.5 Å². The third kappa shape index (κ3) is 5.21. The van der Waals surface area contributed by atoms with Crippen LogP contribution in [0.25, 0.3) is 0 Å². The van der Waals surface area contributed by atoms with Gasteiger partial charge in [-0.25, -0.2) is 0 Å². The van der Waals surface area contributed by atoms with Crippen LogP contribution < -0.4 is 10.5 Å². The van der Waals surface area contributed by atoms with Crippen molar-refractivity contribution >= 4 is 5.69 Å². The van der Waals surface area contributed by atoms with Crippen molar-refractivity contribution in [1.82, 2.24) is 9.80 Å². The number of nitrogens with zero attached hydrogens (tertiary/aromatic N) is 2. The highest BCUT2D eigenvalue weighted by atomic mass is 16.5. The minimum absolute atomic E-state index is 0.296. The number of piperazine rings is 1. The SMILES string of the molecule is CC(C)(C)N1CCN(CCCOc2ccc(N)cc2)CC1. The van der Waals surface area contributed by atoms with Crippen molar-refractivity contribution in [3.8, 4) is 5.75 Å². The zero-order chi connectivity index (χ0) is 15.3. The van der Waals surface area contributed by atoms with E-state index >= 15 is 0 Å². The number of nitrogen functional groups attached to an aromatic ring is 1. The van der Waals surface area contributed by atoms with Crippen LogP contribution in [-0.4, -0.2) is 54.7 Å². The summed E-state index contributed by atoms with van der Waals surface area (Å²) in [6, 6.07) is 7.61. The first-order valence-electron chi connectivity index (χ1n) is 7.91. The van der Waals surface area contributed by atoms with Crippen LogP contribution in [0.3, 0.4) is 0 Å². The highest BCUT2D eigenvalue weighted by Crippen LogP contribution is 2.16. The molecule has 2 rings (SSSR count). The highest BCUT2D eigenvalue weighted by molar-refractivity contribution is 5.41. The van der Waals surface area contributed by atoms with E-state index in [1.165, 1.54) is 26.2 Å². The number of rotatable bonds is 5. The molecular weight excluding hydrogens is 262 g/mol. The number of benzene rings is 1. The van der Waals surface area contributed by atoms with Crippen molar-refractivity contribution in [2.45, 2.75) is 32.7 Å². The van der Waals surface area contributed by atoms with Gasteiger partial charge in [-0.2, -0.15) is 0 Å². The average Bonchev–Trinajstić information content (AvgIpc) is 2.45. The molecule has 0 saturated carbocycles. The first-order chi connectivity index (χ1) is 9.95. The van der Waals surface area contributed by atoms with Gasteiger partial charge >= 0.3 is 0 Å². The molecular formula is C17H29N3O. The maximum absolute atomic E-state index is 5.73. The first-order valence-corrected chi connectivity index (χ1v) is 7.91. The van der Waals surface area contributed by atoms with E-state index in [1.54, 1.807) is 0 Å². The molecule has 1 aliphatic rings. The molecule has 1 aromatic carbocycles. The van der Waals surface area contributed by atoms with Crippen molar-refractivity contribution < 1.29 is 4.74 Å². The normalized spacial score (nSPS) is 17.9. The van der Waals surface area contributed by atoms with Crippen LogP contribution in [-0.2, 0) is 0 Å². The molecule has 0 aromatic heterocycles. The molecule has 0 atom stereocenters. The Bertz CT molecular complexity index is 417. The molecule has 0 bridgehead atoms. The fraction of sp³-hybridized carbons (Fsp3) is 0.647. The van der Waals surface area contributed by atoms with E-state index in [0.29, 0.717) is 5.54 Å². The second kappa shape index (κ2) is 7.14. The Morgan fingerprint density at radius 1 is 1.05 bits per heavy atom. The number of anilines is 1. The molecule has 2 N–H and O–H groups in total. The largest absolute Gasteiger partial charge is 0.494 e. The second-order valence-corrected chi connectivity index (χ2v) is 6.77. The van der Waals surface area contributed by atoms with Gasteiger partial charge < -0.3 is 15.4 Å². The second-order valence-electron chi connectivity index (χ2n) is 6.77. The molecule has 1 aliphatic heterocycles. The molecule has 1 fully saturated rings. The molecule has 0 spiro atoms. The van der Waals surface area contributed by atoms with E-state index in [2.05, 4.69) is 30.6 Å². The van der Waals surface area contributed by atoms with E-state index in [0.717, 1.165) is 31.0 Å². The molecule has 1 heterocycles. The van der Waals surface area contributed by atoms with Gasteiger partial charge in [0.1, 0.15) is 5.75 Å². The average molecular weight is 291 g/mol. The minimum Gasteiger partial charge on any atom is -0.494 e. The van der Waals surface area contributed by atoms with Crippen molar-refractivity contribution in [3.63, 3.8) is 0 Å². The van der Waals surface area contributed by atoms with Crippen LogP contribution in [0, 0.1) is 0 Å². The fourth-order valence-electron chi connectivity index (χ4n) is 2.68. The molecule has 0 unspecified atom stereocenters. The van der Waals surface area contributed by atoms with Gasteiger partial charge in [0.2, 0.25) is 0 Å². The predicted octanol–water partition coefficient (Wildman–Crippen LogP) is 2.45. The zero-order valence-electron chi connectivity index (χ0n) is 13.6. The Balaban J connectivity index is 1.61. The van der Waals surface area contributed by atoms with E-state index in [1.807, 2.05) is 24.3 Å². The number of hydrogen-bond donors (Lipinski definition) is 1. The van der Waals surface area contributed by atoms with E-state index in [9.17, 15) is 0 Å². The molecule has 0 aliphatic carbocycles. The first kappa shape index (κ1) is 16.1. The van der Waals surface area contributed by atoms with Crippen LogP contribution in [0.5, 0.6) is 5.75 Å². The lowest BCUT2D eigenvalue weighted by Crippen LogP contribution is -2.53. The van der Waals surface area contributed by atoms with Gasteiger partial charge in [0.15, 0.2) is 0 Å². The summed E-state index contributed by atoms with van der Waals surface area (Å²) in [4.78, 5) is 5.10. The summed E-state index contributed by atoms with van der Waals surface area (Å²) in [7, 11) is 0. The number of nitrogens with two attached hydrogens (primary N) is 1. The summed E-state index contributed by atoms with van der Waals surface area (Å²) in [5.74, 6) is 0.904.